The number of ether oxygens (including phenoxy) is 1. The van der Waals surface area contributed by atoms with Crippen molar-refractivity contribution in [3.8, 4) is 34.2 Å². The molecule has 192 valence electrons. The van der Waals surface area contributed by atoms with Crippen LogP contribution < -0.4 is 0 Å². The summed E-state index contributed by atoms with van der Waals surface area (Å²) in [7, 11) is 1.18. The first-order valence-corrected chi connectivity index (χ1v) is 11.2. The number of carbonyl (C=O) groups is 1. The quantitative estimate of drug-likeness (QED) is 0.233. The Labute approximate surface area is 213 Å². The molecule has 2 aromatic carbocycles. The number of esters is 1. The molecule has 0 bridgehead atoms. The number of fused-ring (bicyclic) bond motifs is 1. The Hall–Kier alpha value is -4.74. The van der Waals surface area contributed by atoms with E-state index in [0.29, 0.717) is 5.56 Å². The van der Waals surface area contributed by atoms with Crippen LogP contribution in [-0.4, -0.2) is 42.8 Å². The first-order chi connectivity index (χ1) is 18.2. The van der Waals surface area contributed by atoms with Crippen molar-refractivity contribution in [1.29, 1.82) is 0 Å². The molecule has 2 aliphatic rings. The lowest BCUT2D eigenvalue weighted by Gasteiger charge is -2.18. The average Bonchev–Trinajstić information content (AvgIpc) is 3.32. The average molecular weight is 522 g/mol. The highest BCUT2D eigenvalue weighted by Crippen LogP contribution is 2.37. The molecule has 0 amide bonds. The summed E-state index contributed by atoms with van der Waals surface area (Å²) in [6, 6.07) is 11.5. The second-order valence-corrected chi connectivity index (χ2v) is 8.37. The third-order valence-corrected chi connectivity index (χ3v) is 5.81. The Balaban J connectivity index is 1.53. The maximum absolute atomic E-state index is 14.2. The van der Waals surface area contributed by atoms with Crippen LogP contribution in [0.2, 0.25) is 0 Å². The zero-order valence-electron chi connectivity index (χ0n) is 19.9. The molecule has 8 nitrogen and oxygen atoms in total. The highest BCUT2D eigenvalue weighted by Gasteiger charge is 2.34. The van der Waals surface area contributed by atoms with Crippen molar-refractivity contribution >= 4 is 5.97 Å². The van der Waals surface area contributed by atoms with Gasteiger partial charge in [-0.05, 0) is 37.3 Å². The number of alkyl halides is 3. The van der Waals surface area contributed by atoms with Gasteiger partial charge in [-0.25, -0.2) is 24.1 Å². The van der Waals surface area contributed by atoms with Crippen molar-refractivity contribution < 1.29 is 27.1 Å². The summed E-state index contributed by atoms with van der Waals surface area (Å²) in [5.74, 6) is -0.872. The third kappa shape index (κ3) is 4.67. The van der Waals surface area contributed by atoms with Crippen LogP contribution in [0.5, 0.6) is 0 Å². The molecule has 3 aromatic rings. The molecule has 1 unspecified atom stereocenters. The van der Waals surface area contributed by atoms with Gasteiger partial charge < -0.3 is 9.30 Å². The fourth-order valence-corrected chi connectivity index (χ4v) is 3.98. The van der Waals surface area contributed by atoms with E-state index >= 15 is 0 Å². The van der Waals surface area contributed by atoms with Crippen LogP contribution in [0.1, 0.15) is 22.9 Å². The van der Waals surface area contributed by atoms with Gasteiger partial charge in [-0.3, -0.25) is 0 Å². The molecule has 0 radical (unpaired) electrons. The predicted molar refractivity (Wildman–Crippen MR) is 127 cm³/mol. The lowest BCUT2D eigenvalue weighted by Crippen LogP contribution is -2.24. The number of carbonyl (C=O) groups excluding carboxylic acids is 1. The highest BCUT2D eigenvalue weighted by molar-refractivity contribution is 5.78. The summed E-state index contributed by atoms with van der Waals surface area (Å²) in [6.45, 7) is 1.56. The van der Waals surface area contributed by atoms with E-state index < -0.39 is 29.6 Å². The number of halogens is 4. The predicted octanol–water partition coefficient (Wildman–Crippen LogP) is 5.13. The molecule has 3 heterocycles. The lowest BCUT2D eigenvalue weighted by molar-refractivity contribution is -0.143. The zero-order valence-corrected chi connectivity index (χ0v) is 19.9. The second kappa shape index (κ2) is 9.61. The molecule has 12 heteroatoms. The van der Waals surface area contributed by atoms with Crippen LogP contribution in [0.3, 0.4) is 0 Å². The first kappa shape index (κ1) is 24.9. The number of nitrogens with zero attached hydrogens (tertiary/aromatic N) is 6. The van der Waals surface area contributed by atoms with Crippen LogP contribution >= 0.6 is 0 Å². The molecular formula is C26H18F4N6O2. The normalized spacial score (nSPS) is 12.5. The summed E-state index contributed by atoms with van der Waals surface area (Å²) < 4.78 is 61.3. The van der Waals surface area contributed by atoms with E-state index in [-0.39, 0.29) is 39.9 Å². The summed E-state index contributed by atoms with van der Waals surface area (Å²) in [5.41, 5.74) is 0.0234. The molecule has 5 rings (SSSR count). The summed E-state index contributed by atoms with van der Waals surface area (Å²) >= 11 is 0. The van der Waals surface area contributed by atoms with Gasteiger partial charge in [-0.1, -0.05) is 29.8 Å². The van der Waals surface area contributed by atoms with E-state index in [4.69, 9.17) is 4.74 Å². The van der Waals surface area contributed by atoms with Gasteiger partial charge in [0, 0.05) is 11.8 Å². The molecule has 2 aliphatic heterocycles. The maximum atomic E-state index is 14.2. The summed E-state index contributed by atoms with van der Waals surface area (Å²) in [5, 5.41) is 8.01. The number of hydrogen-bond donors (Lipinski definition) is 0. The molecule has 0 saturated carbocycles. The van der Waals surface area contributed by atoms with Crippen LogP contribution in [0.4, 0.5) is 17.6 Å². The number of aromatic nitrogens is 6. The molecule has 0 saturated heterocycles. The van der Waals surface area contributed by atoms with Gasteiger partial charge in [0.15, 0.2) is 17.7 Å². The Morgan fingerprint density at radius 2 is 1.74 bits per heavy atom. The van der Waals surface area contributed by atoms with Crippen molar-refractivity contribution in [3.05, 3.63) is 89.8 Å². The van der Waals surface area contributed by atoms with Crippen LogP contribution in [0.15, 0.2) is 67.1 Å². The minimum absolute atomic E-state index is 0.0142. The number of imidazole rings is 1. The monoisotopic (exact) mass is 522 g/mol. The van der Waals surface area contributed by atoms with E-state index in [2.05, 4.69) is 25.1 Å². The van der Waals surface area contributed by atoms with Gasteiger partial charge in [0.05, 0.1) is 36.0 Å². The van der Waals surface area contributed by atoms with Crippen molar-refractivity contribution in [1.82, 2.24) is 29.7 Å². The SMILES string of the molecule is COC(=O)C(c1ccc(-c2ccc(C)cc2C(F)(F)F)nn1)n1cnc2nc(-c3ccccc3F)nc-2c1. The van der Waals surface area contributed by atoms with Gasteiger partial charge in [0.25, 0.3) is 0 Å². The largest absolute Gasteiger partial charge is 0.467 e. The van der Waals surface area contributed by atoms with Gasteiger partial charge in [-0.15, -0.1) is 0 Å². The molecule has 1 aromatic heterocycles. The standard InChI is InChI=1S/C26H18F4N6O2/c1-14-7-8-15(17(11-14)26(28,29)30)19-9-10-20(35-34-19)22(25(37)38-2)36-12-21-24(31-13-36)33-23(32-21)16-5-3-4-6-18(16)27/h3-13,22H,1-2H3. The minimum atomic E-state index is -4.59. The molecular weight excluding hydrogens is 504 g/mol. The fourth-order valence-electron chi connectivity index (χ4n) is 3.98. The molecule has 38 heavy (non-hydrogen) atoms. The van der Waals surface area contributed by atoms with Crippen molar-refractivity contribution in [2.75, 3.05) is 7.11 Å². The highest BCUT2D eigenvalue weighted by atomic mass is 19.4. The van der Waals surface area contributed by atoms with E-state index in [1.54, 1.807) is 25.1 Å². The van der Waals surface area contributed by atoms with Gasteiger partial charge in [0.1, 0.15) is 11.5 Å². The first-order valence-electron chi connectivity index (χ1n) is 11.2. The van der Waals surface area contributed by atoms with E-state index in [1.165, 1.54) is 54.5 Å². The Bertz CT molecular complexity index is 1600. The van der Waals surface area contributed by atoms with E-state index in [0.717, 1.165) is 6.07 Å². The van der Waals surface area contributed by atoms with E-state index in [1.807, 2.05) is 0 Å². The van der Waals surface area contributed by atoms with Gasteiger partial charge in [0.2, 0.25) is 0 Å². The van der Waals surface area contributed by atoms with Crippen molar-refractivity contribution in [3.63, 3.8) is 0 Å². The minimum Gasteiger partial charge on any atom is -0.467 e. The number of methoxy groups -OCH3 is 1. The van der Waals surface area contributed by atoms with Crippen LogP contribution in [0, 0.1) is 12.7 Å². The number of aryl methyl sites for hydroxylation is 1. The van der Waals surface area contributed by atoms with Gasteiger partial charge >= 0.3 is 12.1 Å². The molecule has 0 aliphatic carbocycles. The Kier molecular flexibility index (Phi) is 6.31. The third-order valence-electron chi connectivity index (χ3n) is 5.81. The van der Waals surface area contributed by atoms with E-state index in [9.17, 15) is 22.4 Å². The Morgan fingerprint density at radius 1 is 0.947 bits per heavy atom. The summed E-state index contributed by atoms with van der Waals surface area (Å²) in [6.07, 6.45) is -1.81. The fraction of sp³-hybridized carbons (Fsp3) is 0.154. The van der Waals surface area contributed by atoms with Crippen molar-refractivity contribution in [2.45, 2.75) is 19.1 Å². The number of benzene rings is 2. The molecule has 1 atom stereocenters. The van der Waals surface area contributed by atoms with Crippen LogP contribution in [-0.2, 0) is 15.7 Å². The van der Waals surface area contributed by atoms with Crippen LogP contribution in [0.25, 0.3) is 34.2 Å². The van der Waals surface area contributed by atoms with Crippen molar-refractivity contribution in [2.24, 2.45) is 0 Å². The number of hydrogen-bond acceptors (Lipinski definition) is 7. The molecule has 0 spiro atoms. The molecule has 0 N–H and O–H groups in total. The lowest BCUT2D eigenvalue weighted by atomic mass is 10.0. The summed E-state index contributed by atoms with van der Waals surface area (Å²) in [4.78, 5) is 25.5. The number of rotatable bonds is 5. The molecule has 0 fully saturated rings. The topological polar surface area (TPSA) is 95.7 Å². The second-order valence-electron chi connectivity index (χ2n) is 8.37. The van der Waals surface area contributed by atoms with Gasteiger partial charge in [-0.2, -0.15) is 23.4 Å². The Morgan fingerprint density at radius 3 is 2.42 bits per heavy atom. The smallest absolute Gasteiger partial charge is 0.417 e. The zero-order chi connectivity index (χ0) is 27.0. The maximum Gasteiger partial charge on any atom is 0.417 e.